The first-order chi connectivity index (χ1) is 8.20. The van der Waals surface area contributed by atoms with Gasteiger partial charge in [0.15, 0.2) is 0 Å². The lowest BCUT2D eigenvalue weighted by atomic mass is 9.74. The lowest BCUT2D eigenvalue weighted by Gasteiger charge is -2.39. The first-order valence-electron chi connectivity index (χ1n) is 6.51. The lowest BCUT2D eigenvalue weighted by Crippen LogP contribution is -2.33. The molecule has 1 aromatic rings. The van der Waals surface area contributed by atoms with Crippen molar-refractivity contribution in [3.05, 3.63) is 35.6 Å². The summed E-state index contributed by atoms with van der Waals surface area (Å²) >= 11 is 0. The first kappa shape index (κ1) is 12.6. The van der Waals surface area contributed by atoms with Crippen LogP contribution < -0.4 is 0 Å². The van der Waals surface area contributed by atoms with E-state index in [0.29, 0.717) is 0 Å². The summed E-state index contributed by atoms with van der Waals surface area (Å²) in [4.78, 5) is 0. The molecule has 0 heterocycles. The number of ether oxygens (including phenoxy) is 1. The van der Waals surface area contributed by atoms with Crippen molar-refractivity contribution < 1.29 is 9.13 Å². The molecule has 0 atom stereocenters. The smallest absolute Gasteiger partial charge is 0.123 e. The Balaban J connectivity index is 2.18. The molecule has 1 aliphatic rings. The minimum absolute atomic E-state index is 0.178. The van der Waals surface area contributed by atoms with Gasteiger partial charge in [-0.1, -0.05) is 25.5 Å². The Labute approximate surface area is 103 Å². The normalized spacial score (nSPS) is 29.2. The van der Waals surface area contributed by atoms with Gasteiger partial charge in [-0.05, 0) is 49.3 Å². The van der Waals surface area contributed by atoms with Crippen LogP contribution in [0.4, 0.5) is 4.39 Å². The van der Waals surface area contributed by atoms with Crippen molar-refractivity contribution in [2.45, 2.75) is 44.6 Å². The third-order valence-electron chi connectivity index (χ3n) is 4.25. The van der Waals surface area contributed by atoms with Crippen molar-refractivity contribution in [1.82, 2.24) is 0 Å². The van der Waals surface area contributed by atoms with Gasteiger partial charge in [0.2, 0.25) is 0 Å². The van der Waals surface area contributed by atoms with E-state index in [2.05, 4.69) is 6.92 Å². The van der Waals surface area contributed by atoms with E-state index in [1.807, 2.05) is 12.1 Å². The fraction of sp³-hybridized carbons (Fsp3) is 0.600. The van der Waals surface area contributed by atoms with Crippen LogP contribution in [0.5, 0.6) is 0 Å². The summed E-state index contributed by atoms with van der Waals surface area (Å²) in [5, 5.41) is 0. The van der Waals surface area contributed by atoms with Crippen LogP contribution in [0.1, 0.15) is 44.6 Å². The Kier molecular flexibility index (Phi) is 3.82. The molecule has 1 aliphatic carbocycles. The van der Waals surface area contributed by atoms with Crippen LogP contribution in [0.3, 0.4) is 0 Å². The van der Waals surface area contributed by atoms with E-state index >= 15 is 0 Å². The Hall–Kier alpha value is -0.890. The molecule has 1 fully saturated rings. The molecule has 0 bridgehead atoms. The number of halogens is 1. The van der Waals surface area contributed by atoms with E-state index in [1.165, 1.54) is 31.4 Å². The summed E-state index contributed by atoms with van der Waals surface area (Å²) < 4.78 is 18.7. The Morgan fingerprint density at radius 2 is 1.82 bits per heavy atom. The second-order valence-electron chi connectivity index (χ2n) is 5.06. The summed E-state index contributed by atoms with van der Waals surface area (Å²) in [6.07, 6.45) is 5.77. The quantitative estimate of drug-likeness (QED) is 0.761. The number of hydrogen-bond acceptors (Lipinski definition) is 1. The zero-order valence-electron chi connectivity index (χ0n) is 10.7. The van der Waals surface area contributed by atoms with Gasteiger partial charge in [0, 0.05) is 7.11 Å². The highest BCUT2D eigenvalue weighted by Gasteiger charge is 2.36. The van der Waals surface area contributed by atoms with Gasteiger partial charge >= 0.3 is 0 Å². The van der Waals surface area contributed by atoms with Crippen molar-refractivity contribution in [2.24, 2.45) is 5.92 Å². The summed E-state index contributed by atoms with van der Waals surface area (Å²) in [6.45, 7) is 2.25. The van der Waals surface area contributed by atoms with E-state index < -0.39 is 0 Å². The topological polar surface area (TPSA) is 9.23 Å². The molecule has 0 unspecified atom stereocenters. The zero-order chi connectivity index (χ0) is 12.3. The molecule has 94 valence electrons. The van der Waals surface area contributed by atoms with Crippen molar-refractivity contribution in [3.63, 3.8) is 0 Å². The molecule has 0 saturated heterocycles. The average Bonchev–Trinajstić information content (AvgIpc) is 2.40. The van der Waals surface area contributed by atoms with Crippen LogP contribution in [-0.4, -0.2) is 7.11 Å². The first-order valence-corrected chi connectivity index (χ1v) is 6.51. The molecule has 0 N–H and O–H groups in total. The van der Waals surface area contributed by atoms with Crippen molar-refractivity contribution in [3.8, 4) is 0 Å². The van der Waals surface area contributed by atoms with Gasteiger partial charge in [-0.25, -0.2) is 4.39 Å². The molecule has 1 saturated carbocycles. The maximum atomic E-state index is 13.0. The molecule has 0 aromatic heterocycles. The maximum absolute atomic E-state index is 13.0. The number of methoxy groups -OCH3 is 1. The predicted molar refractivity (Wildman–Crippen MR) is 67.3 cm³/mol. The maximum Gasteiger partial charge on any atom is 0.123 e. The summed E-state index contributed by atoms with van der Waals surface area (Å²) in [5.74, 6) is 0.654. The molecule has 0 radical (unpaired) electrons. The van der Waals surface area contributed by atoms with Gasteiger partial charge in [0.05, 0.1) is 5.60 Å². The molecular weight excluding hydrogens is 215 g/mol. The van der Waals surface area contributed by atoms with Crippen molar-refractivity contribution in [1.29, 1.82) is 0 Å². The highest BCUT2D eigenvalue weighted by molar-refractivity contribution is 5.24. The summed E-state index contributed by atoms with van der Waals surface area (Å²) in [6, 6.07) is 6.79. The monoisotopic (exact) mass is 236 g/mol. The molecule has 2 heteroatoms. The number of rotatable bonds is 3. The molecule has 1 nitrogen and oxygen atoms in total. The minimum Gasteiger partial charge on any atom is -0.374 e. The molecule has 0 spiro atoms. The van der Waals surface area contributed by atoms with E-state index in [4.69, 9.17) is 4.74 Å². The molecular formula is C15H21FO. The molecule has 0 amide bonds. The molecule has 0 aliphatic heterocycles. The van der Waals surface area contributed by atoms with Crippen LogP contribution in [0.25, 0.3) is 0 Å². The van der Waals surface area contributed by atoms with E-state index in [-0.39, 0.29) is 11.4 Å². The van der Waals surface area contributed by atoms with Crippen molar-refractivity contribution >= 4 is 0 Å². The Morgan fingerprint density at radius 3 is 2.29 bits per heavy atom. The lowest BCUT2D eigenvalue weighted by molar-refractivity contribution is -0.0548. The third-order valence-corrected chi connectivity index (χ3v) is 4.25. The van der Waals surface area contributed by atoms with Crippen LogP contribution >= 0.6 is 0 Å². The highest BCUT2D eigenvalue weighted by Crippen LogP contribution is 2.42. The Morgan fingerprint density at radius 1 is 1.24 bits per heavy atom. The summed E-state index contributed by atoms with van der Waals surface area (Å²) in [7, 11) is 1.77. The predicted octanol–water partition coefficient (Wildman–Crippen LogP) is 4.27. The van der Waals surface area contributed by atoms with Crippen molar-refractivity contribution in [2.75, 3.05) is 7.11 Å². The number of hydrogen-bond donors (Lipinski definition) is 0. The second kappa shape index (κ2) is 5.18. The zero-order valence-corrected chi connectivity index (χ0v) is 10.7. The SMILES string of the molecule is CC[C@H]1CC[C@](OC)(c2ccc(F)cc2)CC1. The standard InChI is InChI=1S/C15H21FO/c1-3-12-8-10-15(17-2,11-9-12)13-4-6-14(16)7-5-13/h4-7,12H,3,8-11H2,1-2H3/t12-,15+. The summed E-state index contributed by atoms with van der Waals surface area (Å²) in [5.41, 5.74) is 0.940. The fourth-order valence-corrected chi connectivity index (χ4v) is 2.92. The van der Waals surface area contributed by atoms with E-state index in [0.717, 1.165) is 24.3 Å². The molecule has 1 aromatic carbocycles. The Bertz CT molecular complexity index is 350. The van der Waals surface area contributed by atoms with Gasteiger partial charge in [0.25, 0.3) is 0 Å². The largest absolute Gasteiger partial charge is 0.374 e. The van der Waals surface area contributed by atoms with Gasteiger partial charge in [-0.15, -0.1) is 0 Å². The van der Waals surface area contributed by atoms with Gasteiger partial charge in [0.1, 0.15) is 5.82 Å². The van der Waals surface area contributed by atoms with Gasteiger partial charge in [-0.3, -0.25) is 0 Å². The van der Waals surface area contributed by atoms with Crippen LogP contribution in [-0.2, 0) is 10.3 Å². The molecule has 17 heavy (non-hydrogen) atoms. The van der Waals surface area contributed by atoms with Gasteiger partial charge in [-0.2, -0.15) is 0 Å². The van der Waals surface area contributed by atoms with Crippen LogP contribution in [0.2, 0.25) is 0 Å². The minimum atomic E-state index is -0.181. The van der Waals surface area contributed by atoms with Crippen LogP contribution in [0.15, 0.2) is 24.3 Å². The van der Waals surface area contributed by atoms with Gasteiger partial charge < -0.3 is 4.74 Å². The highest BCUT2D eigenvalue weighted by atomic mass is 19.1. The fourth-order valence-electron chi connectivity index (χ4n) is 2.92. The molecule has 2 rings (SSSR count). The van der Waals surface area contributed by atoms with Crippen LogP contribution in [0, 0.1) is 11.7 Å². The average molecular weight is 236 g/mol. The second-order valence-corrected chi connectivity index (χ2v) is 5.06. The third kappa shape index (κ3) is 2.52. The van der Waals surface area contributed by atoms with E-state index in [1.54, 1.807) is 7.11 Å². The number of benzene rings is 1. The van der Waals surface area contributed by atoms with E-state index in [9.17, 15) is 4.39 Å².